The number of nitrogens with one attached hydrogen (secondary N) is 1. The predicted molar refractivity (Wildman–Crippen MR) is 141 cm³/mol. The summed E-state index contributed by atoms with van der Waals surface area (Å²) in [6.07, 6.45) is 0. The first-order chi connectivity index (χ1) is 17.2. The number of piperazine rings is 1. The zero-order valence-electron chi connectivity index (χ0n) is 20.2. The third-order valence-corrected chi connectivity index (χ3v) is 6.65. The average Bonchev–Trinajstić information content (AvgIpc) is 2.93. The van der Waals surface area contributed by atoms with Gasteiger partial charge in [-0.3, -0.25) is 9.69 Å². The molecule has 1 amide bonds. The molecule has 1 fully saturated rings. The molecule has 6 nitrogen and oxygen atoms in total. The standard InChI is InChI=1S/C29H31N5O/c1-2-33-17-19-34(20-18-33)16-15-30-29(35)24-13-14-25-26(21-24)32-28(23-11-7-4-8-12-23)27(31-25)22-9-5-3-6-10-22/h3-14,21H,2,15-20H2,1H3,(H,30,35). The number of carbonyl (C=O) groups is 1. The van der Waals surface area contributed by atoms with Crippen molar-refractivity contribution < 1.29 is 4.79 Å². The number of benzene rings is 3. The van der Waals surface area contributed by atoms with E-state index < -0.39 is 0 Å². The van der Waals surface area contributed by atoms with Crippen LogP contribution in [0.4, 0.5) is 0 Å². The van der Waals surface area contributed by atoms with Gasteiger partial charge in [-0.2, -0.15) is 0 Å². The van der Waals surface area contributed by atoms with Crippen molar-refractivity contribution in [2.24, 2.45) is 0 Å². The summed E-state index contributed by atoms with van der Waals surface area (Å²) in [6, 6.07) is 25.8. The van der Waals surface area contributed by atoms with Crippen molar-refractivity contribution in [3.8, 4) is 22.5 Å². The summed E-state index contributed by atoms with van der Waals surface area (Å²) in [5.74, 6) is -0.0747. The molecule has 0 aliphatic carbocycles. The molecule has 2 heterocycles. The van der Waals surface area contributed by atoms with Crippen molar-refractivity contribution in [1.82, 2.24) is 25.1 Å². The van der Waals surface area contributed by atoms with Gasteiger partial charge in [0.05, 0.1) is 22.4 Å². The van der Waals surface area contributed by atoms with Gasteiger partial charge in [-0.05, 0) is 24.7 Å². The summed E-state index contributed by atoms with van der Waals surface area (Å²) in [4.78, 5) is 27.7. The van der Waals surface area contributed by atoms with Gasteiger partial charge in [-0.25, -0.2) is 9.97 Å². The van der Waals surface area contributed by atoms with E-state index in [9.17, 15) is 4.79 Å². The number of aromatic nitrogens is 2. The third kappa shape index (κ3) is 5.39. The van der Waals surface area contributed by atoms with Gasteiger partial charge in [0.25, 0.3) is 5.91 Å². The smallest absolute Gasteiger partial charge is 0.251 e. The van der Waals surface area contributed by atoms with Crippen molar-refractivity contribution in [3.63, 3.8) is 0 Å². The Morgan fingerprint density at radius 3 is 1.94 bits per heavy atom. The second-order valence-electron chi connectivity index (χ2n) is 8.89. The summed E-state index contributed by atoms with van der Waals surface area (Å²) in [7, 11) is 0. The Balaban J connectivity index is 1.36. The number of fused-ring (bicyclic) bond motifs is 1. The number of rotatable bonds is 7. The Hall–Kier alpha value is -3.61. The molecule has 1 N–H and O–H groups in total. The van der Waals surface area contributed by atoms with E-state index in [1.807, 2.05) is 78.9 Å². The van der Waals surface area contributed by atoms with E-state index in [4.69, 9.17) is 9.97 Å². The minimum atomic E-state index is -0.0747. The average molecular weight is 466 g/mol. The highest BCUT2D eigenvalue weighted by molar-refractivity contribution is 5.98. The Morgan fingerprint density at radius 2 is 1.34 bits per heavy atom. The quantitative estimate of drug-likeness (QED) is 0.440. The van der Waals surface area contributed by atoms with Gasteiger partial charge in [0.15, 0.2) is 0 Å². The molecule has 4 aromatic rings. The van der Waals surface area contributed by atoms with Gasteiger partial charge >= 0.3 is 0 Å². The summed E-state index contributed by atoms with van der Waals surface area (Å²) >= 11 is 0. The summed E-state index contributed by atoms with van der Waals surface area (Å²) in [5, 5.41) is 3.08. The molecule has 1 aromatic heterocycles. The maximum atomic E-state index is 12.9. The van der Waals surface area contributed by atoms with Gasteiger partial charge in [0, 0.05) is 56.0 Å². The molecule has 1 saturated heterocycles. The van der Waals surface area contributed by atoms with E-state index in [0.29, 0.717) is 17.6 Å². The molecule has 0 atom stereocenters. The van der Waals surface area contributed by atoms with Crippen molar-refractivity contribution in [3.05, 3.63) is 84.4 Å². The molecule has 0 spiro atoms. The first-order valence-corrected chi connectivity index (χ1v) is 12.4. The van der Waals surface area contributed by atoms with Crippen LogP contribution in [0.15, 0.2) is 78.9 Å². The first-order valence-electron chi connectivity index (χ1n) is 12.4. The van der Waals surface area contributed by atoms with Crippen molar-refractivity contribution in [1.29, 1.82) is 0 Å². The fraction of sp³-hybridized carbons (Fsp3) is 0.276. The highest BCUT2D eigenvalue weighted by atomic mass is 16.1. The maximum absolute atomic E-state index is 12.9. The lowest BCUT2D eigenvalue weighted by Crippen LogP contribution is -2.48. The zero-order chi connectivity index (χ0) is 24.0. The van der Waals surface area contributed by atoms with Gasteiger partial charge in [-0.1, -0.05) is 67.6 Å². The fourth-order valence-electron chi connectivity index (χ4n) is 4.55. The second kappa shape index (κ2) is 10.8. The van der Waals surface area contributed by atoms with Crippen LogP contribution >= 0.6 is 0 Å². The van der Waals surface area contributed by atoms with Gasteiger partial charge in [-0.15, -0.1) is 0 Å². The lowest BCUT2D eigenvalue weighted by atomic mass is 10.0. The molecule has 178 valence electrons. The Morgan fingerprint density at radius 1 is 0.771 bits per heavy atom. The van der Waals surface area contributed by atoms with Crippen molar-refractivity contribution in [2.75, 3.05) is 45.8 Å². The Bertz CT molecular complexity index is 1280. The van der Waals surface area contributed by atoms with Gasteiger partial charge < -0.3 is 10.2 Å². The van der Waals surface area contributed by atoms with Gasteiger partial charge in [0.1, 0.15) is 0 Å². The van der Waals surface area contributed by atoms with Crippen molar-refractivity contribution >= 4 is 16.9 Å². The molecule has 0 unspecified atom stereocenters. The molecule has 0 radical (unpaired) electrons. The molecule has 5 rings (SSSR count). The van der Waals surface area contributed by atoms with Crippen LogP contribution in [0.5, 0.6) is 0 Å². The topological polar surface area (TPSA) is 61.4 Å². The normalized spacial score (nSPS) is 14.8. The van der Waals surface area contributed by atoms with Crippen LogP contribution in [0.3, 0.4) is 0 Å². The summed E-state index contributed by atoms with van der Waals surface area (Å²) in [6.45, 7) is 9.13. The lowest BCUT2D eigenvalue weighted by Gasteiger charge is -2.33. The monoisotopic (exact) mass is 465 g/mol. The third-order valence-electron chi connectivity index (χ3n) is 6.65. The minimum Gasteiger partial charge on any atom is -0.351 e. The summed E-state index contributed by atoms with van der Waals surface area (Å²) in [5.41, 5.74) is 5.76. The van der Waals surface area contributed by atoms with Crippen LogP contribution in [0.2, 0.25) is 0 Å². The van der Waals surface area contributed by atoms with Crippen LogP contribution in [-0.4, -0.2) is 71.5 Å². The van der Waals surface area contributed by atoms with E-state index in [1.54, 1.807) is 0 Å². The van der Waals surface area contributed by atoms with Crippen LogP contribution in [0.25, 0.3) is 33.5 Å². The molecular formula is C29H31N5O. The van der Waals surface area contributed by atoms with E-state index >= 15 is 0 Å². The fourth-order valence-corrected chi connectivity index (χ4v) is 4.55. The molecule has 3 aromatic carbocycles. The van der Waals surface area contributed by atoms with Crippen molar-refractivity contribution in [2.45, 2.75) is 6.92 Å². The zero-order valence-corrected chi connectivity index (χ0v) is 20.2. The van der Waals surface area contributed by atoms with Crippen LogP contribution in [-0.2, 0) is 0 Å². The molecule has 1 aliphatic heterocycles. The number of nitrogens with zero attached hydrogens (tertiary/aromatic N) is 4. The maximum Gasteiger partial charge on any atom is 0.251 e. The number of hydrogen-bond acceptors (Lipinski definition) is 5. The van der Waals surface area contributed by atoms with Gasteiger partial charge in [0.2, 0.25) is 0 Å². The number of carbonyl (C=O) groups excluding carboxylic acids is 1. The van der Waals surface area contributed by atoms with Crippen LogP contribution in [0.1, 0.15) is 17.3 Å². The molecule has 35 heavy (non-hydrogen) atoms. The number of likely N-dealkylation sites (N-methyl/N-ethyl adjacent to an activating group) is 1. The van der Waals surface area contributed by atoms with E-state index in [0.717, 1.165) is 67.3 Å². The number of hydrogen-bond donors (Lipinski definition) is 1. The van der Waals surface area contributed by atoms with E-state index in [1.165, 1.54) is 0 Å². The Kier molecular flexibility index (Phi) is 7.12. The highest BCUT2D eigenvalue weighted by Crippen LogP contribution is 2.31. The molecule has 0 bridgehead atoms. The van der Waals surface area contributed by atoms with E-state index in [2.05, 4.69) is 22.0 Å². The highest BCUT2D eigenvalue weighted by Gasteiger charge is 2.17. The second-order valence-corrected chi connectivity index (χ2v) is 8.89. The molecular weight excluding hydrogens is 434 g/mol. The Labute approximate surface area is 206 Å². The molecule has 1 aliphatic rings. The van der Waals surface area contributed by atoms with Crippen LogP contribution in [0, 0.1) is 0 Å². The minimum absolute atomic E-state index is 0.0747. The molecule has 6 heteroatoms. The lowest BCUT2D eigenvalue weighted by molar-refractivity contribution is 0.0938. The largest absolute Gasteiger partial charge is 0.351 e. The van der Waals surface area contributed by atoms with E-state index in [-0.39, 0.29) is 5.91 Å². The number of amides is 1. The summed E-state index contributed by atoms with van der Waals surface area (Å²) < 4.78 is 0. The predicted octanol–water partition coefficient (Wildman–Crippen LogP) is 4.33. The first kappa shape index (κ1) is 23.1. The van der Waals surface area contributed by atoms with Crippen LogP contribution < -0.4 is 5.32 Å². The molecule has 0 saturated carbocycles. The SMILES string of the molecule is CCN1CCN(CCNC(=O)c2ccc3nc(-c4ccccc4)c(-c4ccccc4)nc3c2)CC1.